The van der Waals surface area contributed by atoms with Crippen molar-refractivity contribution in [1.29, 1.82) is 0 Å². The minimum absolute atomic E-state index is 0.181. The van der Waals surface area contributed by atoms with Crippen molar-refractivity contribution in [3.05, 3.63) is 53.8 Å². The smallest absolute Gasteiger partial charge is 0.258 e. The van der Waals surface area contributed by atoms with Crippen molar-refractivity contribution < 1.29 is 13.9 Å². The largest absolute Gasteiger partial charge is 0.489 e. The van der Waals surface area contributed by atoms with Gasteiger partial charge in [-0.2, -0.15) is 0 Å². The summed E-state index contributed by atoms with van der Waals surface area (Å²) in [4.78, 5) is 14.1. The molecule has 2 N–H and O–H groups in total. The molecule has 0 bridgehead atoms. The molecular formula is C15H13FN2O2. The van der Waals surface area contributed by atoms with E-state index in [4.69, 9.17) is 10.5 Å². The number of ether oxygens (including phenoxy) is 1. The van der Waals surface area contributed by atoms with E-state index < -0.39 is 0 Å². The Kier molecular flexibility index (Phi) is 3.02. The Bertz CT molecular complexity index is 655. The van der Waals surface area contributed by atoms with E-state index in [1.807, 2.05) is 0 Å². The van der Waals surface area contributed by atoms with Gasteiger partial charge in [0.1, 0.15) is 18.2 Å². The fourth-order valence-corrected chi connectivity index (χ4v) is 2.20. The van der Waals surface area contributed by atoms with Gasteiger partial charge in [-0.05, 0) is 36.4 Å². The van der Waals surface area contributed by atoms with Crippen LogP contribution in [-0.2, 0) is 0 Å². The van der Waals surface area contributed by atoms with Crippen molar-refractivity contribution in [2.75, 3.05) is 23.8 Å². The number of nitrogens with zero attached hydrogens (tertiary/aromatic N) is 1. The number of anilines is 2. The number of amides is 1. The molecule has 0 saturated heterocycles. The molecule has 1 heterocycles. The fraction of sp³-hybridized carbons (Fsp3) is 0.133. The predicted molar refractivity (Wildman–Crippen MR) is 74.4 cm³/mol. The second-order valence-corrected chi connectivity index (χ2v) is 4.54. The topological polar surface area (TPSA) is 55.6 Å². The average Bonchev–Trinajstić information content (AvgIpc) is 2.46. The third kappa shape index (κ3) is 2.18. The highest BCUT2D eigenvalue weighted by molar-refractivity contribution is 6.07. The van der Waals surface area contributed by atoms with Crippen LogP contribution in [0.5, 0.6) is 5.75 Å². The van der Waals surface area contributed by atoms with Gasteiger partial charge in [0.05, 0.1) is 12.2 Å². The van der Waals surface area contributed by atoms with Crippen LogP contribution in [0.3, 0.4) is 0 Å². The van der Waals surface area contributed by atoms with Crippen LogP contribution in [0, 0.1) is 5.82 Å². The Morgan fingerprint density at radius 3 is 2.70 bits per heavy atom. The zero-order valence-electron chi connectivity index (χ0n) is 10.7. The van der Waals surface area contributed by atoms with Crippen LogP contribution >= 0.6 is 0 Å². The first-order chi connectivity index (χ1) is 9.65. The average molecular weight is 272 g/mol. The van der Waals surface area contributed by atoms with Crippen molar-refractivity contribution in [2.45, 2.75) is 0 Å². The van der Waals surface area contributed by atoms with Gasteiger partial charge in [0.25, 0.3) is 5.91 Å². The van der Waals surface area contributed by atoms with Crippen LogP contribution in [0.4, 0.5) is 15.8 Å². The Hall–Kier alpha value is -2.56. The van der Waals surface area contributed by atoms with E-state index in [0.717, 1.165) is 0 Å². The molecule has 0 aromatic heterocycles. The normalized spacial score (nSPS) is 13.6. The van der Waals surface area contributed by atoms with Crippen molar-refractivity contribution in [3.8, 4) is 5.75 Å². The fourth-order valence-electron chi connectivity index (χ4n) is 2.20. The molecule has 1 aliphatic rings. The molecule has 2 aromatic carbocycles. The molecule has 1 aliphatic heterocycles. The lowest BCUT2D eigenvalue weighted by molar-refractivity contribution is 0.0976. The number of hydrogen-bond acceptors (Lipinski definition) is 3. The number of nitrogens with two attached hydrogens (primary N) is 1. The number of benzene rings is 2. The number of hydrogen-bond donors (Lipinski definition) is 1. The van der Waals surface area contributed by atoms with Gasteiger partial charge in [-0.15, -0.1) is 0 Å². The van der Waals surface area contributed by atoms with Crippen molar-refractivity contribution in [1.82, 2.24) is 0 Å². The van der Waals surface area contributed by atoms with Gasteiger partial charge in [0.2, 0.25) is 0 Å². The second-order valence-electron chi connectivity index (χ2n) is 4.54. The zero-order chi connectivity index (χ0) is 14.1. The Morgan fingerprint density at radius 2 is 1.95 bits per heavy atom. The first-order valence-electron chi connectivity index (χ1n) is 6.25. The summed E-state index contributed by atoms with van der Waals surface area (Å²) in [5.41, 5.74) is 7.41. The summed E-state index contributed by atoms with van der Waals surface area (Å²) in [5.74, 6) is 0.0442. The number of carbonyl (C=O) groups excluding carboxylic acids is 1. The number of carbonyl (C=O) groups is 1. The number of rotatable bonds is 1. The summed E-state index contributed by atoms with van der Waals surface area (Å²) in [6.45, 7) is 0.858. The van der Waals surface area contributed by atoms with E-state index >= 15 is 0 Å². The molecular weight excluding hydrogens is 259 g/mol. The molecule has 4 nitrogen and oxygen atoms in total. The highest BCUT2D eigenvalue weighted by atomic mass is 19.1. The minimum Gasteiger partial charge on any atom is -0.489 e. The summed E-state index contributed by atoms with van der Waals surface area (Å²) in [7, 11) is 0. The Labute approximate surface area is 115 Å². The highest BCUT2D eigenvalue weighted by Crippen LogP contribution is 2.34. The third-order valence-corrected chi connectivity index (χ3v) is 3.18. The molecule has 0 unspecified atom stereocenters. The standard InChI is InChI=1S/C15H13FN2O2/c16-11-3-1-10(2-4-11)15(19)18-7-8-20-14-9-12(17)5-6-13(14)18/h1-6,9H,7-8,17H2. The molecule has 0 spiro atoms. The molecule has 2 aromatic rings. The Balaban J connectivity index is 1.96. The first-order valence-corrected chi connectivity index (χ1v) is 6.25. The molecule has 20 heavy (non-hydrogen) atoms. The molecule has 102 valence electrons. The lowest BCUT2D eigenvalue weighted by atomic mass is 10.1. The van der Waals surface area contributed by atoms with Crippen molar-refractivity contribution in [3.63, 3.8) is 0 Å². The number of halogens is 1. The van der Waals surface area contributed by atoms with Crippen LogP contribution < -0.4 is 15.4 Å². The monoisotopic (exact) mass is 272 g/mol. The molecule has 0 aliphatic carbocycles. The first kappa shape index (κ1) is 12.5. The lowest BCUT2D eigenvalue weighted by Gasteiger charge is -2.29. The summed E-state index contributed by atoms with van der Waals surface area (Å²) in [6.07, 6.45) is 0. The van der Waals surface area contributed by atoms with Gasteiger partial charge in [-0.3, -0.25) is 4.79 Å². The summed E-state index contributed by atoms with van der Waals surface area (Å²) >= 11 is 0. The van der Waals surface area contributed by atoms with Gasteiger partial charge < -0.3 is 15.4 Å². The quantitative estimate of drug-likeness (QED) is 0.811. The van der Waals surface area contributed by atoms with E-state index in [1.165, 1.54) is 24.3 Å². The SMILES string of the molecule is Nc1ccc2c(c1)OCCN2C(=O)c1ccc(F)cc1. The molecule has 0 radical (unpaired) electrons. The van der Waals surface area contributed by atoms with Gasteiger partial charge in [0, 0.05) is 17.3 Å². The van der Waals surface area contributed by atoms with Gasteiger partial charge in [-0.25, -0.2) is 4.39 Å². The van der Waals surface area contributed by atoms with Crippen molar-refractivity contribution in [2.24, 2.45) is 0 Å². The molecule has 0 fully saturated rings. The van der Waals surface area contributed by atoms with E-state index in [0.29, 0.717) is 35.8 Å². The van der Waals surface area contributed by atoms with Gasteiger partial charge in [0.15, 0.2) is 0 Å². The van der Waals surface area contributed by atoms with E-state index in [-0.39, 0.29) is 11.7 Å². The molecule has 0 saturated carbocycles. The minimum atomic E-state index is -0.364. The summed E-state index contributed by atoms with van der Waals surface area (Å²) in [6, 6.07) is 10.7. The maximum absolute atomic E-state index is 12.9. The van der Waals surface area contributed by atoms with Gasteiger partial charge >= 0.3 is 0 Å². The number of nitrogen functional groups attached to an aromatic ring is 1. The van der Waals surface area contributed by atoms with Gasteiger partial charge in [-0.1, -0.05) is 0 Å². The molecule has 0 atom stereocenters. The summed E-state index contributed by atoms with van der Waals surface area (Å²) in [5, 5.41) is 0. The maximum Gasteiger partial charge on any atom is 0.258 e. The zero-order valence-corrected chi connectivity index (χ0v) is 10.7. The van der Waals surface area contributed by atoms with Crippen LogP contribution in [0.2, 0.25) is 0 Å². The van der Waals surface area contributed by atoms with E-state index in [9.17, 15) is 9.18 Å². The number of fused-ring (bicyclic) bond motifs is 1. The van der Waals surface area contributed by atoms with Crippen LogP contribution in [0.1, 0.15) is 10.4 Å². The van der Waals surface area contributed by atoms with Crippen LogP contribution in [0.25, 0.3) is 0 Å². The Morgan fingerprint density at radius 1 is 1.20 bits per heavy atom. The van der Waals surface area contributed by atoms with Crippen LogP contribution in [0.15, 0.2) is 42.5 Å². The van der Waals surface area contributed by atoms with E-state index in [1.54, 1.807) is 23.1 Å². The predicted octanol–water partition coefficient (Wildman–Crippen LogP) is 2.45. The lowest BCUT2D eigenvalue weighted by Crippen LogP contribution is -2.37. The highest BCUT2D eigenvalue weighted by Gasteiger charge is 2.24. The third-order valence-electron chi connectivity index (χ3n) is 3.18. The maximum atomic E-state index is 12.9. The molecule has 5 heteroatoms. The second kappa shape index (κ2) is 4.85. The molecule has 1 amide bonds. The van der Waals surface area contributed by atoms with E-state index in [2.05, 4.69) is 0 Å². The van der Waals surface area contributed by atoms with Crippen molar-refractivity contribution >= 4 is 17.3 Å². The van der Waals surface area contributed by atoms with Crippen LogP contribution in [-0.4, -0.2) is 19.1 Å². The molecule has 3 rings (SSSR count). The summed E-state index contributed by atoms with van der Waals surface area (Å²) < 4.78 is 18.4.